The third kappa shape index (κ3) is 11.5. The molecule has 1 unspecified atom stereocenters. The van der Waals surface area contributed by atoms with E-state index in [1.54, 1.807) is 38.1 Å². The van der Waals surface area contributed by atoms with E-state index in [1.165, 1.54) is 0 Å². The van der Waals surface area contributed by atoms with Gasteiger partial charge in [-0.1, -0.05) is 31.9 Å². The first-order valence-electron chi connectivity index (χ1n) is 11.8. The minimum atomic E-state index is -0.938. The Morgan fingerprint density at radius 3 is 2.09 bits per heavy atom. The zero-order chi connectivity index (χ0) is 24.5. The molecule has 0 aliphatic rings. The van der Waals surface area contributed by atoms with Crippen LogP contribution in [0.4, 0.5) is 5.69 Å². The number of amides is 1. The summed E-state index contributed by atoms with van der Waals surface area (Å²) in [4.78, 5) is 36.5. The van der Waals surface area contributed by atoms with Crippen molar-refractivity contribution in [2.75, 3.05) is 26.3 Å². The van der Waals surface area contributed by atoms with Crippen molar-refractivity contribution in [1.82, 2.24) is 10.3 Å². The number of carbonyl (C=O) groups is 3. The summed E-state index contributed by atoms with van der Waals surface area (Å²) in [5.41, 5.74) is 1.00. The maximum atomic E-state index is 12.7. The summed E-state index contributed by atoms with van der Waals surface area (Å²) >= 11 is 0. The maximum Gasteiger partial charge on any atom is 0.328 e. The van der Waals surface area contributed by atoms with Gasteiger partial charge in [-0.15, -0.1) is 5.11 Å². The molecule has 0 radical (unpaired) electrons. The van der Waals surface area contributed by atoms with Crippen molar-refractivity contribution in [1.29, 1.82) is 0 Å². The number of ether oxygens (including phenoxy) is 2. The normalized spacial score (nSPS) is 11.8. The number of rotatable bonds is 16. The van der Waals surface area contributed by atoms with Gasteiger partial charge in [0.15, 0.2) is 0 Å². The fourth-order valence-corrected chi connectivity index (χ4v) is 2.91. The van der Waals surface area contributed by atoms with Crippen LogP contribution in [0.1, 0.15) is 76.6 Å². The van der Waals surface area contributed by atoms with Crippen molar-refractivity contribution in [2.24, 2.45) is 10.3 Å². The summed E-state index contributed by atoms with van der Waals surface area (Å²) in [5.74, 6) is -1.45. The van der Waals surface area contributed by atoms with E-state index in [1.807, 2.05) is 5.01 Å². The van der Waals surface area contributed by atoms with Crippen molar-refractivity contribution in [2.45, 2.75) is 72.3 Å². The first-order valence-corrected chi connectivity index (χ1v) is 11.8. The van der Waals surface area contributed by atoms with Crippen LogP contribution < -0.4 is 5.32 Å². The minimum absolute atomic E-state index is 0.00346. The Hall–Kier alpha value is -2.97. The van der Waals surface area contributed by atoms with Crippen LogP contribution in [-0.4, -0.2) is 55.2 Å². The lowest BCUT2D eigenvalue weighted by atomic mass is 10.1. The van der Waals surface area contributed by atoms with Crippen molar-refractivity contribution in [3.63, 3.8) is 0 Å². The van der Waals surface area contributed by atoms with Gasteiger partial charge >= 0.3 is 11.9 Å². The number of esters is 2. The van der Waals surface area contributed by atoms with Crippen molar-refractivity contribution >= 4 is 23.5 Å². The number of carbonyl (C=O) groups excluding carboxylic acids is 3. The summed E-state index contributed by atoms with van der Waals surface area (Å²) < 4.78 is 9.92. The van der Waals surface area contributed by atoms with Crippen molar-refractivity contribution < 1.29 is 23.9 Å². The Kier molecular flexibility index (Phi) is 14.1. The highest BCUT2D eigenvalue weighted by molar-refractivity contribution is 5.97. The molecule has 1 amide bonds. The molecule has 1 rings (SSSR count). The van der Waals surface area contributed by atoms with Crippen molar-refractivity contribution in [3.8, 4) is 0 Å². The predicted molar refractivity (Wildman–Crippen MR) is 126 cm³/mol. The van der Waals surface area contributed by atoms with E-state index in [0.29, 0.717) is 11.3 Å². The van der Waals surface area contributed by atoms with Gasteiger partial charge in [0.25, 0.3) is 5.91 Å². The van der Waals surface area contributed by atoms with Gasteiger partial charge in [0.05, 0.1) is 18.9 Å². The molecule has 0 spiro atoms. The standard InChI is InChI=1S/C24H38N4O5/c1-5-9-17-28(18-10-6-2)27-26-20-13-11-19(12-14-20)23(30)25-21(24(31)33-8-4)15-16-22(29)32-7-3/h11-14,21H,5-10,15-18H2,1-4H3,(H,25,30). The van der Waals surface area contributed by atoms with Crippen molar-refractivity contribution in [3.05, 3.63) is 29.8 Å². The van der Waals surface area contributed by atoms with Crippen LogP contribution in [0.25, 0.3) is 0 Å². The van der Waals surface area contributed by atoms with E-state index < -0.39 is 23.9 Å². The topological polar surface area (TPSA) is 110 Å². The first kappa shape index (κ1) is 28.1. The first-order chi connectivity index (χ1) is 15.9. The Morgan fingerprint density at radius 1 is 0.939 bits per heavy atom. The monoisotopic (exact) mass is 462 g/mol. The molecular formula is C24H38N4O5. The molecule has 0 fully saturated rings. The van der Waals surface area contributed by atoms with Gasteiger partial charge in [-0.2, -0.15) is 0 Å². The summed E-state index contributed by atoms with van der Waals surface area (Å²) in [5, 5.41) is 13.3. The summed E-state index contributed by atoms with van der Waals surface area (Å²) in [7, 11) is 0. The average molecular weight is 463 g/mol. The third-order valence-corrected chi connectivity index (χ3v) is 4.77. The van der Waals surface area contributed by atoms with E-state index >= 15 is 0 Å². The van der Waals surface area contributed by atoms with E-state index in [2.05, 4.69) is 29.5 Å². The molecule has 1 atom stereocenters. The molecule has 33 heavy (non-hydrogen) atoms. The fraction of sp³-hybridized carbons (Fsp3) is 0.625. The van der Waals surface area contributed by atoms with Gasteiger partial charge in [-0.25, -0.2) is 4.79 Å². The predicted octanol–water partition coefficient (Wildman–Crippen LogP) is 4.59. The Bertz CT molecular complexity index is 744. The Morgan fingerprint density at radius 2 is 1.55 bits per heavy atom. The lowest BCUT2D eigenvalue weighted by molar-refractivity contribution is -0.146. The van der Waals surface area contributed by atoms with Crippen LogP contribution in [0.2, 0.25) is 0 Å². The second-order valence-corrected chi connectivity index (χ2v) is 7.52. The van der Waals surface area contributed by atoms with Gasteiger partial charge in [0.1, 0.15) is 6.04 Å². The molecule has 1 N–H and O–H groups in total. The number of hydrogen-bond donors (Lipinski definition) is 1. The van der Waals surface area contributed by atoms with E-state index in [4.69, 9.17) is 9.47 Å². The molecule has 9 nitrogen and oxygen atoms in total. The number of nitrogens with zero attached hydrogens (tertiary/aromatic N) is 3. The molecule has 184 valence electrons. The highest BCUT2D eigenvalue weighted by Gasteiger charge is 2.24. The van der Waals surface area contributed by atoms with E-state index in [0.717, 1.165) is 38.8 Å². The van der Waals surface area contributed by atoms with Crippen LogP contribution in [0.3, 0.4) is 0 Å². The molecule has 0 aliphatic carbocycles. The largest absolute Gasteiger partial charge is 0.466 e. The highest BCUT2D eigenvalue weighted by Crippen LogP contribution is 2.15. The zero-order valence-corrected chi connectivity index (χ0v) is 20.3. The second-order valence-electron chi connectivity index (χ2n) is 7.52. The molecule has 0 bridgehead atoms. The number of benzene rings is 1. The molecular weight excluding hydrogens is 424 g/mol. The molecule has 0 aromatic heterocycles. The maximum absolute atomic E-state index is 12.7. The van der Waals surface area contributed by atoms with Crippen LogP contribution in [0, 0.1) is 0 Å². The quantitative estimate of drug-likeness (QED) is 0.219. The molecule has 0 saturated carbocycles. The Labute approximate surface area is 196 Å². The van der Waals surface area contributed by atoms with Gasteiger partial charge in [-0.05, 0) is 57.4 Å². The Balaban J connectivity index is 2.77. The molecule has 0 aliphatic heterocycles. The fourth-order valence-electron chi connectivity index (χ4n) is 2.91. The zero-order valence-electron chi connectivity index (χ0n) is 20.3. The smallest absolute Gasteiger partial charge is 0.328 e. The molecule has 0 heterocycles. The molecule has 1 aromatic rings. The van der Waals surface area contributed by atoms with Gasteiger partial charge < -0.3 is 14.8 Å². The van der Waals surface area contributed by atoms with Gasteiger partial charge in [-0.3, -0.25) is 14.6 Å². The van der Waals surface area contributed by atoms with Crippen LogP contribution in [-0.2, 0) is 19.1 Å². The molecule has 9 heteroatoms. The second kappa shape index (κ2) is 16.6. The van der Waals surface area contributed by atoms with Crippen LogP contribution in [0.5, 0.6) is 0 Å². The lowest BCUT2D eigenvalue weighted by Gasteiger charge is -2.17. The SMILES string of the molecule is CCCCN(CCCC)N=Nc1ccc(C(=O)NC(CCC(=O)OCC)C(=O)OCC)cc1. The third-order valence-electron chi connectivity index (χ3n) is 4.77. The lowest BCUT2D eigenvalue weighted by Crippen LogP contribution is -2.42. The number of nitrogens with one attached hydrogen (secondary N) is 1. The summed E-state index contributed by atoms with van der Waals surface area (Å²) in [6, 6.07) is 5.72. The molecule has 0 saturated heterocycles. The number of hydrogen-bond acceptors (Lipinski definition) is 7. The summed E-state index contributed by atoms with van der Waals surface area (Å²) in [6.45, 7) is 9.83. The summed E-state index contributed by atoms with van der Waals surface area (Å²) in [6.07, 6.45) is 4.40. The van der Waals surface area contributed by atoms with Crippen LogP contribution in [0.15, 0.2) is 34.6 Å². The van der Waals surface area contributed by atoms with Crippen LogP contribution >= 0.6 is 0 Å². The number of unbranched alkanes of at least 4 members (excludes halogenated alkanes) is 2. The average Bonchev–Trinajstić information content (AvgIpc) is 2.81. The highest BCUT2D eigenvalue weighted by atomic mass is 16.5. The minimum Gasteiger partial charge on any atom is -0.466 e. The van der Waals surface area contributed by atoms with E-state index in [9.17, 15) is 14.4 Å². The van der Waals surface area contributed by atoms with E-state index in [-0.39, 0.29) is 26.1 Å². The molecule has 1 aromatic carbocycles. The van der Waals surface area contributed by atoms with Gasteiger partial charge in [0, 0.05) is 25.1 Å². The van der Waals surface area contributed by atoms with Gasteiger partial charge in [0.2, 0.25) is 0 Å².